The molecule has 1 aliphatic rings. The van der Waals surface area contributed by atoms with Gasteiger partial charge in [-0.3, -0.25) is 14.4 Å². The minimum absolute atomic E-state index is 0.0362. The zero-order chi connectivity index (χ0) is 21.8. The molecule has 1 aromatic carbocycles. The number of hydrogen-bond acceptors (Lipinski definition) is 6. The van der Waals surface area contributed by atoms with Crippen molar-refractivity contribution in [2.24, 2.45) is 0 Å². The molecule has 1 heterocycles. The Hall–Kier alpha value is -2.77. The fraction of sp³-hybridized carbons (Fsp3) is 0.591. The van der Waals surface area contributed by atoms with Gasteiger partial charge in [0.1, 0.15) is 0 Å². The van der Waals surface area contributed by atoms with E-state index in [9.17, 15) is 14.4 Å². The molecule has 0 aromatic heterocycles. The number of rotatable bonds is 11. The van der Waals surface area contributed by atoms with Gasteiger partial charge in [-0.1, -0.05) is 0 Å². The van der Waals surface area contributed by atoms with Crippen LogP contribution in [0.25, 0.3) is 0 Å². The van der Waals surface area contributed by atoms with Crippen LogP contribution < -0.4 is 14.8 Å². The molecule has 0 atom stereocenters. The lowest BCUT2D eigenvalue weighted by molar-refractivity contribution is -0.140. The van der Waals surface area contributed by atoms with E-state index >= 15 is 0 Å². The van der Waals surface area contributed by atoms with Crippen LogP contribution in [0.4, 0.5) is 0 Å². The molecule has 1 saturated heterocycles. The van der Waals surface area contributed by atoms with Crippen molar-refractivity contribution < 1.29 is 28.6 Å². The van der Waals surface area contributed by atoms with E-state index in [-0.39, 0.29) is 24.4 Å². The molecule has 1 aliphatic heterocycles. The lowest BCUT2D eigenvalue weighted by Gasteiger charge is -2.26. The maximum Gasteiger partial charge on any atom is 0.305 e. The van der Waals surface area contributed by atoms with E-state index < -0.39 is 0 Å². The van der Waals surface area contributed by atoms with Gasteiger partial charge in [-0.05, 0) is 57.2 Å². The Morgan fingerprint density at radius 2 is 1.80 bits per heavy atom. The Bertz CT molecular complexity index is 716. The highest BCUT2D eigenvalue weighted by Crippen LogP contribution is 2.28. The highest BCUT2D eigenvalue weighted by Gasteiger charge is 2.18. The Balaban J connectivity index is 1.87. The summed E-state index contributed by atoms with van der Waals surface area (Å²) in [4.78, 5) is 37.6. The summed E-state index contributed by atoms with van der Waals surface area (Å²) >= 11 is 0. The van der Waals surface area contributed by atoms with Crippen LogP contribution in [0.3, 0.4) is 0 Å². The largest absolute Gasteiger partial charge is 0.490 e. The molecule has 166 valence electrons. The summed E-state index contributed by atoms with van der Waals surface area (Å²) in [5.74, 6) is 0.354. The summed E-state index contributed by atoms with van der Waals surface area (Å²) < 4.78 is 15.9. The van der Waals surface area contributed by atoms with Gasteiger partial charge in [-0.15, -0.1) is 0 Å². The van der Waals surface area contributed by atoms with Crippen molar-refractivity contribution in [2.75, 3.05) is 40.0 Å². The standard InChI is InChI=1S/C22H32N2O6/c1-3-29-19-15-17(22(27)23-12-6-5-9-21(26)28-2)10-11-18(19)30-16-20(25)24-13-7-4-8-14-24/h10-11,15H,3-9,12-14,16H2,1-2H3,(H,23,27). The lowest BCUT2D eigenvalue weighted by Crippen LogP contribution is -2.38. The Morgan fingerprint density at radius 1 is 1.03 bits per heavy atom. The van der Waals surface area contributed by atoms with Gasteiger partial charge in [0.25, 0.3) is 11.8 Å². The number of esters is 1. The predicted octanol–water partition coefficient (Wildman–Crippen LogP) is 2.55. The smallest absolute Gasteiger partial charge is 0.305 e. The molecule has 8 heteroatoms. The molecule has 1 aromatic rings. The van der Waals surface area contributed by atoms with Crippen molar-refractivity contribution in [3.05, 3.63) is 23.8 Å². The molecular weight excluding hydrogens is 388 g/mol. The van der Waals surface area contributed by atoms with Crippen molar-refractivity contribution in [1.29, 1.82) is 0 Å². The fourth-order valence-electron chi connectivity index (χ4n) is 3.21. The summed E-state index contributed by atoms with van der Waals surface area (Å²) in [6.45, 7) is 4.22. The Labute approximate surface area is 177 Å². The number of unbranched alkanes of at least 4 members (excludes halogenated alkanes) is 1. The molecule has 0 unspecified atom stereocenters. The molecule has 0 radical (unpaired) electrons. The van der Waals surface area contributed by atoms with Gasteiger partial charge in [0.2, 0.25) is 0 Å². The Kier molecular flexibility index (Phi) is 9.97. The third-order valence-corrected chi connectivity index (χ3v) is 4.89. The predicted molar refractivity (Wildman–Crippen MR) is 112 cm³/mol. The lowest BCUT2D eigenvalue weighted by atomic mass is 10.1. The number of amides is 2. The zero-order valence-electron chi connectivity index (χ0n) is 17.9. The van der Waals surface area contributed by atoms with E-state index in [1.165, 1.54) is 7.11 Å². The fourth-order valence-corrected chi connectivity index (χ4v) is 3.21. The number of hydrogen-bond donors (Lipinski definition) is 1. The molecule has 0 aliphatic carbocycles. The van der Waals surface area contributed by atoms with E-state index in [0.29, 0.717) is 49.5 Å². The summed E-state index contributed by atoms with van der Waals surface area (Å²) in [6, 6.07) is 4.92. The van der Waals surface area contributed by atoms with Crippen LogP contribution in [0, 0.1) is 0 Å². The maximum atomic E-state index is 12.4. The number of nitrogens with zero attached hydrogens (tertiary/aromatic N) is 1. The zero-order valence-corrected chi connectivity index (χ0v) is 17.9. The van der Waals surface area contributed by atoms with Crippen molar-refractivity contribution in [2.45, 2.75) is 45.4 Å². The SMILES string of the molecule is CCOc1cc(C(=O)NCCCCC(=O)OC)ccc1OCC(=O)N1CCCCC1. The van der Waals surface area contributed by atoms with Gasteiger partial charge >= 0.3 is 5.97 Å². The molecule has 30 heavy (non-hydrogen) atoms. The van der Waals surface area contributed by atoms with Crippen LogP contribution in [0.2, 0.25) is 0 Å². The van der Waals surface area contributed by atoms with Gasteiger partial charge in [0.15, 0.2) is 18.1 Å². The van der Waals surface area contributed by atoms with Crippen molar-refractivity contribution in [3.8, 4) is 11.5 Å². The molecule has 8 nitrogen and oxygen atoms in total. The molecule has 1 fully saturated rings. The van der Waals surface area contributed by atoms with Crippen LogP contribution in [0.1, 0.15) is 55.8 Å². The van der Waals surface area contributed by atoms with Gasteiger partial charge in [0.05, 0.1) is 13.7 Å². The number of likely N-dealkylation sites (tertiary alicyclic amines) is 1. The second kappa shape index (κ2) is 12.7. The minimum Gasteiger partial charge on any atom is -0.490 e. The molecule has 1 N–H and O–H groups in total. The van der Waals surface area contributed by atoms with Crippen molar-refractivity contribution in [1.82, 2.24) is 10.2 Å². The van der Waals surface area contributed by atoms with Crippen LogP contribution in [0.15, 0.2) is 18.2 Å². The molecule has 0 spiro atoms. The molecular formula is C22H32N2O6. The topological polar surface area (TPSA) is 94.2 Å². The summed E-state index contributed by atoms with van der Waals surface area (Å²) in [5.41, 5.74) is 0.445. The first-order chi connectivity index (χ1) is 14.5. The number of piperidine rings is 1. The summed E-state index contributed by atoms with van der Waals surface area (Å²) in [7, 11) is 1.36. The van der Waals surface area contributed by atoms with Gasteiger partial charge in [0, 0.05) is 31.6 Å². The van der Waals surface area contributed by atoms with Crippen LogP contribution in [-0.4, -0.2) is 62.6 Å². The molecule has 2 amide bonds. The van der Waals surface area contributed by atoms with Crippen molar-refractivity contribution >= 4 is 17.8 Å². The third kappa shape index (κ3) is 7.57. The minimum atomic E-state index is -0.253. The van der Waals surface area contributed by atoms with Crippen LogP contribution >= 0.6 is 0 Å². The number of methoxy groups -OCH3 is 1. The highest BCUT2D eigenvalue weighted by molar-refractivity contribution is 5.94. The molecule has 0 saturated carbocycles. The van der Waals surface area contributed by atoms with Gasteiger partial charge < -0.3 is 24.4 Å². The molecule has 0 bridgehead atoms. The number of nitrogens with one attached hydrogen (secondary N) is 1. The average Bonchev–Trinajstić information content (AvgIpc) is 2.78. The average molecular weight is 421 g/mol. The maximum absolute atomic E-state index is 12.4. The van der Waals surface area contributed by atoms with E-state index in [4.69, 9.17) is 9.47 Å². The van der Waals surface area contributed by atoms with Crippen molar-refractivity contribution in [3.63, 3.8) is 0 Å². The number of ether oxygens (including phenoxy) is 3. The monoisotopic (exact) mass is 420 g/mol. The quantitative estimate of drug-likeness (QED) is 0.437. The normalized spacial score (nSPS) is 13.5. The molecule has 2 rings (SSSR count). The van der Waals surface area contributed by atoms with E-state index in [1.54, 1.807) is 18.2 Å². The van der Waals surface area contributed by atoms with E-state index in [1.807, 2.05) is 11.8 Å². The summed E-state index contributed by atoms with van der Waals surface area (Å²) in [5, 5.41) is 2.82. The Morgan fingerprint density at radius 3 is 2.50 bits per heavy atom. The van der Waals surface area contributed by atoms with E-state index in [0.717, 1.165) is 32.4 Å². The first-order valence-corrected chi connectivity index (χ1v) is 10.6. The van der Waals surface area contributed by atoms with Crippen LogP contribution in [0.5, 0.6) is 11.5 Å². The van der Waals surface area contributed by atoms with Crippen LogP contribution in [-0.2, 0) is 14.3 Å². The third-order valence-electron chi connectivity index (χ3n) is 4.89. The highest BCUT2D eigenvalue weighted by atomic mass is 16.5. The second-order valence-corrected chi connectivity index (χ2v) is 7.11. The number of carbonyl (C=O) groups is 3. The number of carbonyl (C=O) groups excluding carboxylic acids is 3. The first-order valence-electron chi connectivity index (χ1n) is 10.6. The van der Waals surface area contributed by atoms with Gasteiger partial charge in [-0.25, -0.2) is 0 Å². The first kappa shape index (κ1) is 23.5. The van der Waals surface area contributed by atoms with Gasteiger partial charge in [-0.2, -0.15) is 0 Å². The second-order valence-electron chi connectivity index (χ2n) is 7.11. The number of benzene rings is 1. The summed E-state index contributed by atoms with van der Waals surface area (Å²) in [6.07, 6.45) is 4.88. The van der Waals surface area contributed by atoms with E-state index in [2.05, 4.69) is 10.1 Å².